The van der Waals surface area contributed by atoms with Gasteiger partial charge in [0.1, 0.15) is 17.6 Å². The molecule has 0 aliphatic rings. The molecule has 0 aromatic heterocycles. The fraction of sp³-hybridized carbons (Fsp3) is 0.310. The predicted molar refractivity (Wildman–Crippen MR) is 140 cm³/mol. The molecule has 36 heavy (non-hydrogen) atoms. The summed E-state index contributed by atoms with van der Waals surface area (Å²) in [5, 5.41) is 3.20. The van der Waals surface area contributed by atoms with E-state index in [0.29, 0.717) is 12.2 Å². The fourth-order valence-electron chi connectivity index (χ4n) is 3.92. The number of rotatable bonds is 11. The van der Waals surface area contributed by atoms with Crippen molar-refractivity contribution >= 4 is 23.4 Å². The first-order valence-electron chi connectivity index (χ1n) is 12.0. The molecule has 2 atom stereocenters. The largest absolute Gasteiger partial charge is 0.497 e. The summed E-state index contributed by atoms with van der Waals surface area (Å²) in [7, 11) is 1.57. The van der Waals surface area contributed by atoms with Gasteiger partial charge in [-0.05, 0) is 48.7 Å². The Hall–Kier alpha value is -3.38. The van der Waals surface area contributed by atoms with Gasteiger partial charge in [-0.1, -0.05) is 67.1 Å². The molecule has 0 fully saturated rings. The zero-order valence-electron chi connectivity index (χ0n) is 20.8. The van der Waals surface area contributed by atoms with Gasteiger partial charge in [-0.3, -0.25) is 9.59 Å². The lowest BCUT2D eigenvalue weighted by molar-refractivity contribution is -0.141. The number of carbonyl (C=O) groups excluding carboxylic acids is 2. The van der Waals surface area contributed by atoms with Gasteiger partial charge in [0, 0.05) is 29.6 Å². The van der Waals surface area contributed by atoms with Crippen LogP contribution in [0.2, 0.25) is 5.02 Å². The van der Waals surface area contributed by atoms with Crippen LogP contribution in [0.3, 0.4) is 0 Å². The molecular formula is C29H32ClFN2O3. The number of nitrogens with zero attached hydrogens (tertiary/aromatic N) is 1. The van der Waals surface area contributed by atoms with Gasteiger partial charge < -0.3 is 15.0 Å². The van der Waals surface area contributed by atoms with Gasteiger partial charge in [0.15, 0.2) is 0 Å². The molecule has 3 aromatic rings. The number of hydrogen-bond acceptors (Lipinski definition) is 3. The lowest BCUT2D eigenvalue weighted by Crippen LogP contribution is -2.52. The number of halogens is 2. The molecule has 190 valence electrons. The number of carbonyl (C=O) groups is 2. The van der Waals surface area contributed by atoms with Crippen molar-refractivity contribution in [2.24, 2.45) is 0 Å². The van der Waals surface area contributed by atoms with Crippen LogP contribution in [0.5, 0.6) is 5.75 Å². The van der Waals surface area contributed by atoms with Crippen LogP contribution >= 0.6 is 11.6 Å². The summed E-state index contributed by atoms with van der Waals surface area (Å²) >= 11 is 6.23. The molecule has 5 nitrogen and oxygen atoms in total. The van der Waals surface area contributed by atoms with Crippen molar-refractivity contribution in [3.63, 3.8) is 0 Å². The maximum atomic E-state index is 14.6. The van der Waals surface area contributed by atoms with Crippen LogP contribution in [0.25, 0.3) is 0 Å². The smallest absolute Gasteiger partial charge is 0.243 e. The first-order valence-corrected chi connectivity index (χ1v) is 12.4. The van der Waals surface area contributed by atoms with Gasteiger partial charge in [0.2, 0.25) is 11.8 Å². The number of amides is 2. The van der Waals surface area contributed by atoms with E-state index in [4.69, 9.17) is 16.3 Å². The highest BCUT2D eigenvalue weighted by molar-refractivity contribution is 6.31. The third kappa shape index (κ3) is 7.31. The maximum absolute atomic E-state index is 14.6. The predicted octanol–water partition coefficient (Wildman–Crippen LogP) is 5.59. The minimum atomic E-state index is -0.814. The molecule has 3 aromatic carbocycles. The summed E-state index contributed by atoms with van der Waals surface area (Å²) in [5.41, 5.74) is 1.81. The van der Waals surface area contributed by atoms with Crippen molar-refractivity contribution < 1.29 is 18.7 Å². The van der Waals surface area contributed by atoms with Crippen LogP contribution in [-0.2, 0) is 29.0 Å². The Bertz CT molecular complexity index is 1150. The van der Waals surface area contributed by atoms with E-state index in [1.54, 1.807) is 13.2 Å². The maximum Gasteiger partial charge on any atom is 0.243 e. The van der Waals surface area contributed by atoms with Gasteiger partial charge >= 0.3 is 0 Å². The number of nitrogens with one attached hydrogen (secondary N) is 1. The first-order chi connectivity index (χ1) is 17.3. The van der Waals surface area contributed by atoms with E-state index in [0.717, 1.165) is 17.5 Å². The van der Waals surface area contributed by atoms with E-state index in [2.05, 4.69) is 5.32 Å². The molecule has 0 spiro atoms. The molecule has 1 N–H and O–H groups in total. The summed E-state index contributed by atoms with van der Waals surface area (Å²) < 4.78 is 19.9. The van der Waals surface area contributed by atoms with Crippen LogP contribution in [0.15, 0.2) is 72.8 Å². The van der Waals surface area contributed by atoms with Gasteiger partial charge in [0.05, 0.1) is 13.5 Å². The zero-order chi connectivity index (χ0) is 26.1. The Kier molecular flexibility index (Phi) is 9.88. The van der Waals surface area contributed by atoms with E-state index < -0.39 is 17.8 Å². The normalized spacial score (nSPS) is 12.5. The second-order valence-electron chi connectivity index (χ2n) is 8.77. The highest BCUT2D eigenvalue weighted by atomic mass is 35.5. The Morgan fingerprint density at radius 1 is 1.03 bits per heavy atom. The monoisotopic (exact) mass is 510 g/mol. The summed E-state index contributed by atoms with van der Waals surface area (Å²) in [4.78, 5) is 28.8. The van der Waals surface area contributed by atoms with E-state index in [9.17, 15) is 14.0 Å². The standard InChI is InChI=1S/C29H32ClFN2O3/c1-4-20(2)32-29(35)27(17-21-10-6-5-7-11-21)33(19-22-12-8-13-23(16-22)36-3)28(34)18-24-25(30)14-9-15-26(24)31/h5-16,20,27H,4,17-19H2,1-3H3,(H,32,35)/t20-,27+/m1/s1. The van der Waals surface area contributed by atoms with Crippen LogP contribution in [0, 0.1) is 5.82 Å². The van der Waals surface area contributed by atoms with Crippen molar-refractivity contribution in [2.75, 3.05) is 7.11 Å². The third-order valence-corrected chi connectivity index (χ3v) is 6.50. The summed E-state index contributed by atoms with van der Waals surface area (Å²) in [5.74, 6) is -0.573. The second-order valence-corrected chi connectivity index (χ2v) is 9.18. The highest BCUT2D eigenvalue weighted by Crippen LogP contribution is 2.23. The van der Waals surface area contributed by atoms with E-state index in [1.807, 2.05) is 68.4 Å². The molecule has 2 amide bonds. The van der Waals surface area contributed by atoms with Crippen molar-refractivity contribution in [1.82, 2.24) is 10.2 Å². The number of hydrogen-bond donors (Lipinski definition) is 1. The van der Waals surface area contributed by atoms with Crippen molar-refractivity contribution in [2.45, 2.75) is 51.7 Å². The molecule has 7 heteroatoms. The van der Waals surface area contributed by atoms with Crippen molar-refractivity contribution in [3.8, 4) is 5.75 Å². The molecular weight excluding hydrogens is 479 g/mol. The lowest BCUT2D eigenvalue weighted by atomic mass is 10.0. The first kappa shape index (κ1) is 27.2. The van der Waals surface area contributed by atoms with Gasteiger partial charge in [-0.25, -0.2) is 4.39 Å². The molecule has 3 rings (SSSR count). The molecule has 0 unspecified atom stereocenters. The van der Waals surface area contributed by atoms with Gasteiger partial charge in [0.25, 0.3) is 0 Å². The quantitative estimate of drug-likeness (QED) is 0.366. The Morgan fingerprint density at radius 3 is 2.39 bits per heavy atom. The lowest BCUT2D eigenvalue weighted by Gasteiger charge is -2.32. The number of methoxy groups -OCH3 is 1. The summed E-state index contributed by atoms with van der Waals surface area (Å²) in [6, 6.07) is 20.3. The van der Waals surface area contributed by atoms with Gasteiger partial charge in [-0.15, -0.1) is 0 Å². The Balaban J connectivity index is 2.02. The van der Waals surface area contributed by atoms with E-state index in [1.165, 1.54) is 17.0 Å². The molecule has 0 aliphatic heterocycles. The van der Waals surface area contributed by atoms with Gasteiger partial charge in [-0.2, -0.15) is 0 Å². The molecule has 0 saturated carbocycles. The Morgan fingerprint density at radius 2 is 1.72 bits per heavy atom. The van der Waals surface area contributed by atoms with Crippen LogP contribution in [0.4, 0.5) is 4.39 Å². The van der Waals surface area contributed by atoms with Crippen molar-refractivity contribution in [1.29, 1.82) is 0 Å². The molecule has 0 heterocycles. The highest BCUT2D eigenvalue weighted by Gasteiger charge is 2.31. The summed E-state index contributed by atoms with van der Waals surface area (Å²) in [6.07, 6.45) is 0.791. The minimum absolute atomic E-state index is 0.0643. The topological polar surface area (TPSA) is 58.6 Å². The zero-order valence-corrected chi connectivity index (χ0v) is 21.6. The molecule has 0 radical (unpaired) electrons. The second kappa shape index (κ2) is 13.1. The molecule has 0 aliphatic carbocycles. The number of ether oxygens (including phenoxy) is 1. The molecule has 0 saturated heterocycles. The van der Waals surface area contributed by atoms with E-state index >= 15 is 0 Å². The van der Waals surface area contributed by atoms with Crippen LogP contribution < -0.4 is 10.1 Å². The average molecular weight is 511 g/mol. The van der Waals surface area contributed by atoms with E-state index in [-0.39, 0.29) is 35.5 Å². The minimum Gasteiger partial charge on any atom is -0.497 e. The molecule has 0 bridgehead atoms. The number of benzene rings is 3. The van der Waals surface area contributed by atoms with Crippen LogP contribution in [0.1, 0.15) is 37.0 Å². The third-order valence-electron chi connectivity index (χ3n) is 6.15. The van der Waals surface area contributed by atoms with Crippen molar-refractivity contribution in [3.05, 3.63) is 100 Å². The summed E-state index contributed by atoms with van der Waals surface area (Å²) in [6.45, 7) is 4.05. The average Bonchev–Trinajstić information content (AvgIpc) is 2.88. The fourth-order valence-corrected chi connectivity index (χ4v) is 4.15. The SMILES string of the molecule is CC[C@@H](C)NC(=O)[C@H](Cc1ccccc1)N(Cc1cccc(OC)c1)C(=O)Cc1c(F)cccc1Cl. The van der Waals surface area contributed by atoms with Crippen LogP contribution in [-0.4, -0.2) is 35.9 Å². The Labute approximate surface area is 217 Å².